The first-order valence-corrected chi connectivity index (χ1v) is 8.69. The summed E-state index contributed by atoms with van der Waals surface area (Å²) in [6.45, 7) is 1.67. The van der Waals surface area contributed by atoms with Gasteiger partial charge in [-0.2, -0.15) is 0 Å². The van der Waals surface area contributed by atoms with Gasteiger partial charge in [-0.1, -0.05) is 60.7 Å². The lowest BCUT2D eigenvalue weighted by molar-refractivity contribution is -0.160. The maximum absolute atomic E-state index is 13.0. The molecular formula is C21H19NO5. The van der Waals surface area contributed by atoms with Crippen LogP contribution in [0.4, 0.5) is 0 Å². The van der Waals surface area contributed by atoms with Crippen molar-refractivity contribution in [1.82, 2.24) is 5.32 Å². The molecule has 0 bridgehead atoms. The summed E-state index contributed by atoms with van der Waals surface area (Å²) in [5.74, 6) is -3.03. The van der Waals surface area contributed by atoms with Crippen molar-refractivity contribution in [3.63, 3.8) is 0 Å². The Kier molecular flexibility index (Phi) is 3.89. The summed E-state index contributed by atoms with van der Waals surface area (Å²) < 4.78 is 10.1. The van der Waals surface area contributed by atoms with Gasteiger partial charge in [0.1, 0.15) is 11.3 Å². The molecule has 27 heavy (non-hydrogen) atoms. The van der Waals surface area contributed by atoms with E-state index in [4.69, 9.17) is 9.47 Å². The molecule has 4 rings (SSSR count). The molecule has 2 aromatic rings. The molecule has 4 atom stereocenters. The number of methoxy groups -OCH3 is 1. The fourth-order valence-corrected chi connectivity index (χ4v) is 4.48. The van der Waals surface area contributed by atoms with E-state index in [1.165, 1.54) is 7.11 Å². The minimum Gasteiger partial charge on any atom is -0.467 e. The van der Waals surface area contributed by atoms with Gasteiger partial charge < -0.3 is 9.47 Å². The second kappa shape index (κ2) is 6.03. The molecule has 0 aliphatic carbocycles. The highest BCUT2D eigenvalue weighted by Gasteiger charge is 2.75. The van der Waals surface area contributed by atoms with Crippen molar-refractivity contribution < 1.29 is 23.9 Å². The molecule has 0 radical (unpaired) electrons. The SMILES string of the molecule is COC(=O)[C@]1(c2ccccc2)N[C@H](c2ccccc2)[C@]2(C)C(=O)OC(=O)[C@@H]21. The van der Waals surface area contributed by atoms with E-state index in [1.807, 2.05) is 36.4 Å². The topological polar surface area (TPSA) is 81.7 Å². The van der Waals surface area contributed by atoms with E-state index in [9.17, 15) is 14.4 Å². The van der Waals surface area contributed by atoms with E-state index in [0.717, 1.165) is 5.56 Å². The summed E-state index contributed by atoms with van der Waals surface area (Å²) in [7, 11) is 1.27. The summed E-state index contributed by atoms with van der Waals surface area (Å²) in [5.41, 5.74) is -1.42. The molecule has 0 unspecified atom stereocenters. The quantitative estimate of drug-likeness (QED) is 0.663. The fourth-order valence-electron chi connectivity index (χ4n) is 4.48. The highest BCUT2D eigenvalue weighted by Crippen LogP contribution is 2.59. The van der Waals surface area contributed by atoms with Crippen LogP contribution in [0.5, 0.6) is 0 Å². The Hall–Kier alpha value is -2.99. The molecule has 0 spiro atoms. The van der Waals surface area contributed by atoms with Gasteiger partial charge in [-0.05, 0) is 18.1 Å². The molecule has 2 aliphatic rings. The third-order valence-electron chi connectivity index (χ3n) is 5.74. The second-order valence-corrected chi connectivity index (χ2v) is 7.08. The fraction of sp³-hybridized carbons (Fsp3) is 0.286. The lowest BCUT2D eigenvalue weighted by atomic mass is 9.67. The zero-order valence-corrected chi connectivity index (χ0v) is 15.0. The lowest BCUT2D eigenvalue weighted by Gasteiger charge is -2.31. The molecule has 2 fully saturated rings. The van der Waals surface area contributed by atoms with Gasteiger partial charge in [0.05, 0.1) is 13.2 Å². The molecule has 6 nitrogen and oxygen atoms in total. The predicted octanol–water partition coefficient (Wildman–Crippen LogP) is 2.11. The first-order chi connectivity index (χ1) is 13.0. The number of cyclic esters (lactones) is 2. The maximum atomic E-state index is 13.0. The van der Waals surface area contributed by atoms with Gasteiger partial charge in [-0.3, -0.25) is 14.9 Å². The van der Waals surface area contributed by atoms with Gasteiger partial charge in [0.2, 0.25) is 0 Å². The monoisotopic (exact) mass is 365 g/mol. The Morgan fingerprint density at radius 2 is 1.63 bits per heavy atom. The van der Waals surface area contributed by atoms with Crippen LogP contribution >= 0.6 is 0 Å². The van der Waals surface area contributed by atoms with E-state index in [0.29, 0.717) is 5.56 Å². The molecule has 0 saturated carbocycles. The molecule has 6 heteroatoms. The smallest absolute Gasteiger partial charge is 0.331 e. The van der Waals surface area contributed by atoms with Crippen LogP contribution in [-0.2, 0) is 29.4 Å². The highest BCUT2D eigenvalue weighted by molar-refractivity contribution is 6.05. The van der Waals surface area contributed by atoms with Gasteiger partial charge in [0.25, 0.3) is 0 Å². The number of fused-ring (bicyclic) bond motifs is 1. The minimum atomic E-state index is -1.52. The van der Waals surface area contributed by atoms with Gasteiger partial charge in [0, 0.05) is 0 Å². The third kappa shape index (κ3) is 2.20. The minimum absolute atomic E-state index is 0.554. The molecule has 0 aromatic heterocycles. The first kappa shape index (κ1) is 17.4. The Morgan fingerprint density at radius 3 is 2.22 bits per heavy atom. The second-order valence-electron chi connectivity index (χ2n) is 7.08. The molecule has 0 amide bonds. The third-order valence-corrected chi connectivity index (χ3v) is 5.74. The van der Waals surface area contributed by atoms with Crippen molar-refractivity contribution in [2.45, 2.75) is 18.5 Å². The van der Waals surface area contributed by atoms with Crippen LogP contribution in [0.15, 0.2) is 60.7 Å². The Bertz CT molecular complexity index is 913. The number of benzene rings is 2. The molecule has 1 N–H and O–H groups in total. The van der Waals surface area contributed by atoms with Crippen LogP contribution in [0.3, 0.4) is 0 Å². The Labute approximate surface area is 156 Å². The average molecular weight is 365 g/mol. The van der Waals surface area contributed by atoms with Crippen molar-refractivity contribution in [3.8, 4) is 0 Å². The molecular weight excluding hydrogens is 346 g/mol. The molecule has 138 valence electrons. The number of carbonyl (C=O) groups excluding carboxylic acids is 3. The van der Waals surface area contributed by atoms with Gasteiger partial charge in [-0.25, -0.2) is 4.79 Å². The Morgan fingerprint density at radius 1 is 1.04 bits per heavy atom. The predicted molar refractivity (Wildman–Crippen MR) is 95.2 cm³/mol. The summed E-state index contributed by atoms with van der Waals surface area (Å²) in [4.78, 5) is 38.6. The van der Waals surface area contributed by atoms with E-state index < -0.39 is 40.8 Å². The number of rotatable bonds is 3. The van der Waals surface area contributed by atoms with Crippen molar-refractivity contribution in [2.75, 3.05) is 7.11 Å². The normalized spacial score (nSPS) is 32.1. The van der Waals surface area contributed by atoms with Crippen LogP contribution in [0.1, 0.15) is 24.1 Å². The summed E-state index contributed by atoms with van der Waals surface area (Å²) in [6, 6.07) is 17.5. The van der Waals surface area contributed by atoms with E-state index in [-0.39, 0.29) is 0 Å². The number of hydrogen-bond acceptors (Lipinski definition) is 6. The van der Waals surface area contributed by atoms with Crippen LogP contribution in [0, 0.1) is 11.3 Å². The van der Waals surface area contributed by atoms with Crippen LogP contribution in [0.25, 0.3) is 0 Å². The number of esters is 3. The van der Waals surface area contributed by atoms with Crippen molar-refractivity contribution in [3.05, 3.63) is 71.8 Å². The summed E-state index contributed by atoms with van der Waals surface area (Å²) in [6.07, 6.45) is 0. The van der Waals surface area contributed by atoms with Crippen molar-refractivity contribution in [2.24, 2.45) is 11.3 Å². The van der Waals surface area contributed by atoms with Crippen LogP contribution in [0.2, 0.25) is 0 Å². The number of carbonyl (C=O) groups is 3. The summed E-state index contributed by atoms with van der Waals surface area (Å²) >= 11 is 0. The van der Waals surface area contributed by atoms with E-state index in [2.05, 4.69) is 5.32 Å². The van der Waals surface area contributed by atoms with E-state index >= 15 is 0 Å². The number of nitrogens with one attached hydrogen (secondary N) is 1. The standard InChI is InChI=1S/C21H19NO5/c1-20-15(17(23)27-18(20)24)21(19(25)26-2,14-11-7-4-8-12-14)22-16(20)13-9-5-3-6-10-13/h3-12,15-16,22H,1-2H3/t15-,16+,20+,21+/m0/s1. The highest BCUT2D eigenvalue weighted by atomic mass is 16.6. The van der Waals surface area contributed by atoms with E-state index in [1.54, 1.807) is 31.2 Å². The van der Waals surface area contributed by atoms with Crippen molar-refractivity contribution in [1.29, 1.82) is 0 Å². The molecule has 2 saturated heterocycles. The van der Waals surface area contributed by atoms with Gasteiger partial charge >= 0.3 is 17.9 Å². The first-order valence-electron chi connectivity index (χ1n) is 8.69. The number of hydrogen-bond donors (Lipinski definition) is 1. The largest absolute Gasteiger partial charge is 0.467 e. The maximum Gasteiger partial charge on any atom is 0.331 e. The zero-order valence-electron chi connectivity index (χ0n) is 15.0. The molecule has 2 aliphatic heterocycles. The Balaban J connectivity index is 1.99. The lowest BCUT2D eigenvalue weighted by Crippen LogP contribution is -2.52. The molecule has 2 heterocycles. The van der Waals surface area contributed by atoms with Crippen LogP contribution in [-0.4, -0.2) is 25.0 Å². The number of ether oxygens (including phenoxy) is 2. The summed E-state index contributed by atoms with van der Waals surface area (Å²) in [5, 5.41) is 3.29. The van der Waals surface area contributed by atoms with Crippen molar-refractivity contribution >= 4 is 17.9 Å². The van der Waals surface area contributed by atoms with Gasteiger partial charge in [0.15, 0.2) is 5.54 Å². The zero-order chi connectivity index (χ0) is 19.2. The van der Waals surface area contributed by atoms with Crippen LogP contribution < -0.4 is 5.32 Å². The van der Waals surface area contributed by atoms with Gasteiger partial charge in [-0.15, -0.1) is 0 Å². The molecule has 2 aromatic carbocycles. The average Bonchev–Trinajstić information content (AvgIpc) is 3.12.